The summed E-state index contributed by atoms with van der Waals surface area (Å²) in [5.41, 5.74) is 0.636. The highest BCUT2D eigenvalue weighted by Crippen LogP contribution is 2.15. The first-order chi connectivity index (χ1) is 12.1. The molecular formula is C18H19N3O4. The monoisotopic (exact) mass is 341 g/mol. The third-order valence-corrected chi connectivity index (χ3v) is 3.81. The summed E-state index contributed by atoms with van der Waals surface area (Å²) in [6.07, 6.45) is 1.72. The maximum atomic E-state index is 12.5. The molecule has 0 aliphatic heterocycles. The Balaban J connectivity index is 1.94. The first-order valence-electron chi connectivity index (χ1n) is 8.19. The van der Waals surface area contributed by atoms with E-state index in [4.69, 9.17) is 9.26 Å². The van der Waals surface area contributed by atoms with Crippen LogP contribution in [0.1, 0.15) is 41.7 Å². The topological polar surface area (TPSA) is 87.2 Å². The van der Waals surface area contributed by atoms with E-state index in [0.29, 0.717) is 28.8 Å². The second-order valence-electron chi connectivity index (χ2n) is 5.79. The number of carbonyl (C=O) groups excluding carboxylic acids is 1. The van der Waals surface area contributed by atoms with Gasteiger partial charge in [-0.05, 0) is 19.4 Å². The quantitative estimate of drug-likeness (QED) is 0.641. The minimum atomic E-state index is -0.601. The number of aryl methyl sites for hydroxylation is 2. The van der Waals surface area contributed by atoms with Crippen LogP contribution in [0.2, 0.25) is 0 Å². The van der Waals surface area contributed by atoms with Gasteiger partial charge in [0.25, 0.3) is 5.56 Å². The Labute approximate surface area is 144 Å². The van der Waals surface area contributed by atoms with Gasteiger partial charge in [-0.2, -0.15) is 5.10 Å². The number of unbranched alkanes of at least 4 members (excludes halogenated alkanes) is 1. The van der Waals surface area contributed by atoms with Crippen LogP contribution in [0.25, 0.3) is 10.8 Å². The van der Waals surface area contributed by atoms with Crippen LogP contribution >= 0.6 is 0 Å². The van der Waals surface area contributed by atoms with E-state index >= 15 is 0 Å². The smallest absolute Gasteiger partial charge is 0.359 e. The average Bonchev–Trinajstić information content (AvgIpc) is 3.04. The molecule has 0 aliphatic rings. The number of benzene rings is 1. The summed E-state index contributed by atoms with van der Waals surface area (Å²) in [4.78, 5) is 25.0. The van der Waals surface area contributed by atoms with Crippen molar-refractivity contribution in [3.8, 4) is 0 Å². The average molecular weight is 341 g/mol. The number of rotatable bonds is 6. The van der Waals surface area contributed by atoms with Crippen LogP contribution in [0.4, 0.5) is 0 Å². The van der Waals surface area contributed by atoms with Crippen LogP contribution in [0.3, 0.4) is 0 Å². The molecule has 3 aromatic rings. The Kier molecular flexibility index (Phi) is 4.92. The largest absolute Gasteiger partial charge is 0.453 e. The van der Waals surface area contributed by atoms with E-state index in [9.17, 15) is 9.59 Å². The summed E-state index contributed by atoms with van der Waals surface area (Å²) >= 11 is 0. The molecule has 0 saturated carbocycles. The van der Waals surface area contributed by atoms with Crippen molar-refractivity contribution >= 4 is 16.7 Å². The van der Waals surface area contributed by atoms with Gasteiger partial charge >= 0.3 is 5.97 Å². The summed E-state index contributed by atoms with van der Waals surface area (Å²) in [5.74, 6) is -0.148. The number of esters is 1. The lowest BCUT2D eigenvalue weighted by molar-refractivity contribution is 0.0430. The highest BCUT2D eigenvalue weighted by Gasteiger charge is 2.18. The maximum Gasteiger partial charge on any atom is 0.359 e. The molecule has 2 heterocycles. The van der Waals surface area contributed by atoms with Gasteiger partial charge in [0.05, 0.1) is 11.1 Å². The van der Waals surface area contributed by atoms with Crippen molar-refractivity contribution in [1.29, 1.82) is 0 Å². The molecule has 0 unspecified atom stereocenters. The van der Waals surface area contributed by atoms with Crippen molar-refractivity contribution in [3.05, 3.63) is 57.8 Å². The number of fused-ring (bicyclic) bond motifs is 1. The van der Waals surface area contributed by atoms with E-state index in [0.717, 1.165) is 12.8 Å². The molecule has 7 heteroatoms. The minimum Gasteiger partial charge on any atom is -0.453 e. The summed E-state index contributed by atoms with van der Waals surface area (Å²) in [6.45, 7) is 4.24. The first-order valence-corrected chi connectivity index (χ1v) is 8.19. The summed E-state index contributed by atoms with van der Waals surface area (Å²) in [6, 6.07) is 8.61. The molecule has 0 saturated heterocycles. The van der Waals surface area contributed by atoms with Crippen molar-refractivity contribution < 1.29 is 14.1 Å². The van der Waals surface area contributed by atoms with Gasteiger partial charge < -0.3 is 9.26 Å². The molecule has 0 N–H and O–H groups in total. The van der Waals surface area contributed by atoms with E-state index in [1.54, 1.807) is 37.3 Å². The molecule has 0 atom stereocenters. The van der Waals surface area contributed by atoms with Gasteiger partial charge in [0, 0.05) is 18.0 Å². The summed E-state index contributed by atoms with van der Waals surface area (Å²) < 4.78 is 11.6. The van der Waals surface area contributed by atoms with Crippen molar-refractivity contribution in [2.75, 3.05) is 0 Å². The zero-order valence-corrected chi connectivity index (χ0v) is 14.2. The maximum absolute atomic E-state index is 12.5. The lowest BCUT2D eigenvalue weighted by atomic mass is 10.1. The fourth-order valence-electron chi connectivity index (χ4n) is 2.53. The third kappa shape index (κ3) is 3.60. The predicted octanol–water partition coefficient (Wildman–Crippen LogP) is 2.85. The Bertz CT molecular complexity index is 958. The van der Waals surface area contributed by atoms with E-state index < -0.39 is 5.97 Å². The van der Waals surface area contributed by atoms with Gasteiger partial charge in [-0.1, -0.05) is 36.7 Å². The molecular weight excluding hydrogens is 322 g/mol. The number of nitrogens with zero attached hydrogens (tertiary/aromatic N) is 3. The lowest BCUT2D eigenvalue weighted by Crippen LogP contribution is -2.26. The molecule has 1 aromatic carbocycles. The molecule has 130 valence electrons. The van der Waals surface area contributed by atoms with Gasteiger partial charge in [0.2, 0.25) is 0 Å². The molecule has 0 spiro atoms. The Morgan fingerprint density at radius 2 is 2.04 bits per heavy atom. The van der Waals surface area contributed by atoms with Crippen LogP contribution in [0.5, 0.6) is 0 Å². The van der Waals surface area contributed by atoms with Gasteiger partial charge in [-0.3, -0.25) is 4.79 Å². The van der Waals surface area contributed by atoms with E-state index in [1.165, 1.54) is 4.68 Å². The normalized spacial score (nSPS) is 11.0. The second kappa shape index (κ2) is 7.29. The fourth-order valence-corrected chi connectivity index (χ4v) is 2.53. The zero-order chi connectivity index (χ0) is 17.8. The highest BCUT2D eigenvalue weighted by atomic mass is 16.5. The molecule has 7 nitrogen and oxygen atoms in total. The molecule has 3 rings (SSSR count). The van der Waals surface area contributed by atoms with Crippen LogP contribution in [-0.4, -0.2) is 20.9 Å². The van der Waals surface area contributed by atoms with Gasteiger partial charge in [0.15, 0.2) is 18.1 Å². The SMILES string of the molecule is CCCCn1nc(C(=O)OCc2cc(C)no2)c2ccccc2c1=O. The lowest BCUT2D eigenvalue weighted by Gasteiger charge is -2.10. The van der Waals surface area contributed by atoms with Crippen molar-refractivity contribution in [1.82, 2.24) is 14.9 Å². The summed E-state index contributed by atoms with van der Waals surface area (Å²) in [5, 5.41) is 8.93. The Morgan fingerprint density at radius 1 is 1.28 bits per heavy atom. The molecule has 25 heavy (non-hydrogen) atoms. The van der Waals surface area contributed by atoms with Gasteiger partial charge in [-0.25, -0.2) is 9.48 Å². The van der Waals surface area contributed by atoms with E-state index in [1.807, 2.05) is 6.92 Å². The van der Waals surface area contributed by atoms with Crippen molar-refractivity contribution in [3.63, 3.8) is 0 Å². The number of ether oxygens (including phenoxy) is 1. The van der Waals surface area contributed by atoms with Gasteiger partial charge in [0.1, 0.15) is 0 Å². The van der Waals surface area contributed by atoms with Crippen molar-refractivity contribution in [2.24, 2.45) is 0 Å². The Hall–Kier alpha value is -2.96. The van der Waals surface area contributed by atoms with Crippen molar-refractivity contribution in [2.45, 2.75) is 39.8 Å². The molecule has 2 aromatic heterocycles. The number of carbonyl (C=O) groups is 1. The molecule has 0 bridgehead atoms. The predicted molar refractivity (Wildman–Crippen MR) is 91.3 cm³/mol. The Morgan fingerprint density at radius 3 is 2.72 bits per heavy atom. The van der Waals surface area contributed by atoms with Gasteiger partial charge in [-0.15, -0.1) is 0 Å². The standard InChI is InChI=1S/C18H19N3O4/c1-3-4-9-21-17(22)15-8-6-5-7-14(15)16(19-21)18(23)24-11-13-10-12(2)20-25-13/h5-8,10H,3-4,9,11H2,1-2H3. The van der Waals surface area contributed by atoms with Crippen LogP contribution in [-0.2, 0) is 17.9 Å². The summed E-state index contributed by atoms with van der Waals surface area (Å²) in [7, 11) is 0. The molecule has 0 radical (unpaired) electrons. The molecule has 0 amide bonds. The second-order valence-corrected chi connectivity index (χ2v) is 5.79. The number of hydrogen-bond acceptors (Lipinski definition) is 6. The number of aromatic nitrogens is 3. The molecule has 0 aliphatic carbocycles. The van der Waals surface area contributed by atoms with Crippen LogP contribution < -0.4 is 5.56 Å². The fraction of sp³-hybridized carbons (Fsp3) is 0.333. The minimum absolute atomic E-state index is 0.0379. The highest BCUT2D eigenvalue weighted by molar-refractivity contribution is 6.02. The van der Waals surface area contributed by atoms with Crippen LogP contribution in [0, 0.1) is 6.92 Å². The third-order valence-electron chi connectivity index (χ3n) is 3.81. The zero-order valence-electron chi connectivity index (χ0n) is 14.2. The van der Waals surface area contributed by atoms with E-state index in [-0.39, 0.29) is 17.9 Å². The first kappa shape index (κ1) is 16.9. The van der Waals surface area contributed by atoms with Crippen LogP contribution in [0.15, 0.2) is 39.6 Å². The molecule has 0 fully saturated rings. The van der Waals surface area contributed by atoms with E-state index in [2.05, 4.69) is 10.3 Å². The number of hydrogen-bond donors (Lipinski definition) is 0.